The molecule has 0 spiro atoms. The average Bonchev–Trinajstić information content (AvgIpc) is 3.62. The number of unbranched alkanes of at least 4 members (excludes halogenated alkanes) is 14. The average molecular weight is 565 g/mol. The van der Waals surface area contributed by atoms with Gasteiger partial charge in [-0.2, -0.15) is 0 Å². The Kier molecular flexibility index (Phi) is 24.1. The number of hydrogen-bond acceptors (Lipinski definition) is 3. The van der Waals surface area contributed by atoms with Crippen molar-refractivity contribution in [3.63, 3.8) is 0 Å². The second-order valence-electron chi connectivity index (χ2n) is 10.0. The molecule has 0 saturated heterocycles. The molecule has 214 valence electrons. The van der Waals surface area contributed by atoms with Gasteiger partial charge in [-0.25, -0.2) is 0 Å². The van der Waals surface area contributed by atoms with Gasteiger partial charge in [-0.1, -0.05) is 159 Å². The Morgan fingerprint density at radius 3 is 1.45 bits per heavy atom. The molecule has 38 heavy (non-hydrogen) atoms. The van der Waals surface area contributed by atoms with Crippen LogP contribution in [0.2, 0.25) is 0 Å². The maximum absolute atomic E-state index is 11.8. The number of rotatable bonds is 19. The van der Waals surface area contributed by atoms with Gasteiger partial charge in [0.15, 0.2) is 0 Å². The minimum absolute atomic E-state index is 0. The molecule has 2 aliphatic carbocycles. The summed E-state index contributed by atoms with van der Waals surface area (Å²) in [6.45, 7) is 6.39. The second-order valence-corrected chi connectivity index (χ2v) is 10.0. The molecule has 0 heterocycles. The van der Waals surface area contributed by atoms with Crippen LogP contribution >= 0.6 is 0 Å². The standard InChI is InChI=1S/C23H40O.C11H14O2.Fe/c1-2-3-4-5-6-7-8-9-10-11-12-13-14-15-16-21-23(24)22-19-17-18-20-22;1-3-13-11(12)8-9(2)10-6-4-5-7-10;/h17-20,24H,2-16,21H2,1H3;4-8,12H,3H2,1-2H3;/q;;+2/p-2. The SMILES string of the molecule is CCCCCCCCCCCCCCCCCC([O-])=C1C=CC=C1.CCOC([O-])=CC(C)=C1C=CC=C1.[Fe+2]. The third-order valence-corrected chi connectivity index (χ3v) is 6.73. The minimum atomic E-state index is -0.277. The van der Waals surface area contributed by atoms with E-state index in [1.165, 1.54) is 96.0 Å². The minimum Gasteiger partial charge on any atom is -0.875 e. The van der Waals surface area contributed by atoms with E-state index >= 15 is 0 Å². The van der Waals surface area contributed by atoms with Gasteiger partial charge in [-0.05, 0) is 42.7 Å². The molecule has 3 nitrogen and oxygen atoms in total. The van der Waals surface area contributed by atoms with Crippen LogP contribution in [0, 0.1) is 0 Å². The largest absolute Gasteiger partial charge is 2.00 e. The van der Waals surface area contributed by atoms with Crippen molar-refractivity contribution in [1.82, 2.24) is 0 Å². The number of ether oxygens (including phenoxy) is 1. The van der Waals surface area contributed by atoms with Crippen molar-refractivity contribution in [2.75, 3.05) is 6.61 Å². The van der Waals surface area contributed by atoms with Crippen LogP contribution in [-0.4, -0.2) is 6.61 Å². The van der Waals surface area contributed by atoms with Crippen molar-refractivity contribution < 1.29 is 32.0 Å². The predicted molar refractivity (Wildman–Crippen MR) is 156 cm³/mol. The molecule has 0 saturated carbocycles. The molecule has 0 radical (unpaired) electrons. The first kappa shape index (κ1) is 36.1. The maximum atomic E-state index is 11.8. The van der Waals surface area contributed by atoms with E-state index in [2.05, 4.69) is 6.92 Å². The van der Waals surface area contributed by atoms with E-state index in [0.717, 1.165) is 29.6 Å². The Balaban J connectivity index is 0.000000827. The topological polar surface area (TPSA) is 55.3 Å². The van der Waals surface area contributed by atoms with Crippen LogP contribution in [0.4, 0.5) is 0 Å². The Labute approximate surface area is 244 Å². The summed E-state index contributed by atoms with van der Waals surface area (Å²) in [7, 11) is 0. The van der Waals surface area contributed by atoms with Gasteiger partial charge >= 0.3 is 17.1 Å². The van der Waals surface area contributed by atoms with Crippen molar-refractivity contribution in [3.05, 3.63) is 83.1 Å². The van der Waals surface area contributed by atoms with Crippen LogP contribution in [0.25, 0.3) is 0 Å². The van der Waals surface area contributed by atoms with Gasteiger partial charge in [0.1, 0.15) is 0 Å². The molecule has 0 atom stereocenters. The Morgan fingerprint density at radius 1 is 0.632 bits per heavy atom. The smallest absolute Gasteiger partial charge is 0.875 e. The fourth-order valence-electron chi connectivity index (χ4n) is 4.44. The van der Waals surface area contributed by atoms with Crippen LogP contribution in [0.3, 0.4) is 0 Å². The maximum Gasteiger partial charge on any atom is 2.00 e. The molecule has 0 N–H and O–H groups in total. The van der Waals surface area contributed by atoms with Crippen LogP contribution in [0.1, 0.15) is 124 Å². The van der Waals surface area contributed by atoms with Crippen LogP contribution in [-0.2, 0) is 21.8 Å². The predicted octanol–water partition coefficient (Wildman–Crippen LogP) is 8.65. The first-order valence-corrected chi connectivity index (χ1v) is 14.9. The molecular formula is C34H52FeO3. The van der Waals surface area contributed by atoms with Crippen LogP contribution in [0.5, 0.6) is 0 Å². The fraction of sp³-hybridized carbons (Fsp3) is 0.588. The summed E-state index contributed by atoms with van der Waals surface area (Å²) in [6.07, 6.45) is 38.3. The summed E-state index contributed by atoms with van der Waals surface area (Å²) in [5, 5.41) is 22.9. The van der Waals surface area contributed by atoms with Crippen LogP contribution in [0.15, 0.2) is 83.1 Å². The summed E-state index contributed by atoms with van der Waals surface area (Å²) < 4.78 is 4.80. The molecule has 2 aliphatic rings. The number of hydrogen-bond donors (Lipinski definition) is 0. The molecule has 0 fully saturated rings. The van der Waals surface area contributed by atoms with Gasteiger partial charge < -0.3 is 14.9 Å². The van der Waals surface area contributed by atoms with Crippen molar-refractivity contribution in [2.45, 2.75) is 124 Å². The van der Waals surface area contributed by atoms with E-state index < -0.39 is 0 Å². The van der Waals surface area contributed by atoms with E-state index in [9.17, 15) is 10.2 Å². The van der Waals surface area contributed by atoms with E-state index in [0.29, 0.717) is 12.4 Å². The normalized spacial score (nSPS) is 13.5. The van der Waals surface area contributed by atoms with Gasteiger partial charge in [0.05, 0.1) is 5.95 Å². The molecule has 0 aromatic carbocycles. The first-order valence-electron chi connectivity index (χ1n) is 14.9. The summed E-state index contributed by atoms with van der Waals surface area (Å²) in [4.78, 5) is 0. The molecule has 4 heteroatoms. The van der Waals surface area contributed by atoms with E-state index in [1.54, 1.807) is 6.92 Å². The molecular weight excluding hydrogens is 512 g/mol. The Hall–Kier alpha value is -1.90. The van der Waals surface area contributed by atoms with Gasteiger partial charge in [-0.3, -0.25) is 0 Å². The molecule has 0 aromatic heterocycles. The third-order valence-electron chi connectivity index (χ3n) is 6.73. The van der Waals surface area contributed by atoms with Crippen molar-refractivity contribution in [2.24, 2.45) is 0 Å². The van der Waals surface area contributed by atoms with Crippen molar-refractivity contribution in [3.8, 4) is 0 Å². The quantitative estimate of drug-likeness (QED) is 0.0896. The van der Waals surface area contributed by atoms with E-state index in [4.69, 9.17) is 4.74 Å². The van der Waals surface area contributed by atoms with E-state index in [-0.39, 0.29) is 23.0 Å². The zero-order chi connectivity index (χ0) is 27.0. The summed E-state index contributed by atoms with van der Waals surface area (Å²) in [6, 6.07) is 0. The Bertz CT molecular complexity index is 784. The second kappa shape index (κ2) is 25.4. The summed E-state index contributed by atoms with van der Waals surface area (Å²) in [5.41, 5.74) is 2.89. The third kappa shape index (κ3) is 19.2. The molecule has 0 bridgehead atoms. The Morgan fingerprint density at radius 2 is 1.03 bits per heavy atom. The molecule has 0 unspecified atom stereocenters. The summed E-state index contributed by atoms with van der Waals surface area (Å²) >= 11 is 0. The number of allylic oxidation sites excluding steroid dienone is 13. The van der Waals surface area contributed by atoms with Crippen LogP contribution < -0.4 is 10.2 Å². The zero-order valence-electron chi connectivity index (χ0n) is 24.3. The van der Waals surface area contributed by atoms with Crippen molar-refractivity contribution in [1.29, 1.82) is 0 Å². The zero-order valence-corrected chi connectivity index (χ0v) is 25.4. The van der Waals surface area contributed by atoms with Gasteiger partial charge in [0, 0.05) is 0 Å². The van der Waals surface area contributed by atoms with Crippen molar-refractivity contribution >= 4 is 0 Å². The molecule has 0 amide bonds. The van der Waals surface area contributed by atoms with E-state index in [1.807, 2.05) is 55.5 Å². The fourth-order valence-corrected chi connectivity index (χ4v) is 4.44. The monoisotopic (exact) mass is 564 g/mol. The molecule has 0 aliphatic heterocycles. The first-order chi connectivity index (χ1) is 18.1. The summed E-state index contributed by atoms with van der Waals surface area (Å²) in [5.74, 6) is 0.0379. The van der Waals surface area contributed by atoms with Gasteiger partial charge in [0.2, 0.25) is 0 Å². The van der Waals surface area contributed by atoms with Gasteiger partial charge in [-0.15, -0.1) is 5.76 Å². The molecule has 0 aromatic rings. The molecule has 2 rings (SSSR count). The van der Waals surface area contributed by atoms with Gasteiger partial charge in [0.25, 0.3) is 0 Å².